The molecule has 3 nitrogen and oxygen atoms in total. The van der Waals surface area contributed by atoms with Crippen LogP contribution in [0.15, 0.2) is 0 Å². The van der Waals surface area contributed by atoms with Crippen LogP contribution in [-0.2, 0) is 4.79 Å². The van der Waals surface area contributed by atoms with E-state index in [1.807, 2.05) is 0 Å². The van der Waals surface area contributed by atoms with E-state index in [9.17, 15) is 4.79 Å². The lowest BCUT2D eigenvalue weighted by Crippen LogP contribution is -2.19. The van der Waals surface area contributed by atoms with Gasteiger partial charge in [-0.05, 0) is 24.6 Å². The molecular weight excluding hydrogens is 187 g/mol. The van der Waals surface area contributed by atoms with E-state index in [1.165, 1.54) is 11.3 Å². The fourth-order valence-electron chi connectivity index (χ4n) is 0.600. The monoisotopic (exact) mass is 198 g/mol. The second-order valence-corrected chi connectivity index (χ2v) is 2.87. The number of amides is 1. The van der Waals surface area contributed by atoms with E-state index < -0.39 is 0 Å². The zero-order valence-electron chi connectivity index (χ0n) is 6.44. The molecule has 0 aliphatic heterocycles. The van der Waals surface area contributed by atoms with Crippen molar-refractivity contribution < 1.29 is 4.79 Å². The molecule has 11 heavy (non-hydrogen) atoms. The van der Waals surface area contributed by atoms with Crippen molar-refractivity contribution in [1.29, 1.82) is 0 Å². The van der Waals surface area contributed by atoms with Gasteiger partial charge in [-0.3, -0.25) is 9.21 Å². The average molecular weight is 199 g/mol. The van der Waals surface area contributed by atoms with Crippen LogP contribution in [0.2, 0.25) is 0 Å². The van der Waals surface area contributed by atoms with Crippen LogP contribution >= 0.6 is 23.6 Å². The molecule has 0 rings (SSSR count). The molecule has 1 amide bonds. The average Bonchev–Trinajstić information content (AvgIpc) is 1.97. The van der Waals surface area contributed by atoms with E-state index in [4.69, 9.17) is 23.6 Å². The molecular formula is C6H12Cl2N2O. The molecule has 0 aliphatic rings. The Labute approximate surface area is 76.9 Å². The van der Waals surface area contributed by atoms with E-state index in [0.29, 0.717) is 6.54 Å². The Bertz CT molecular complexity index is 121. The van der Waals surface area contributed by atoms with Crippen molar-refractivity contribution in [2.75, 3.05) is 13.1 Å². The number of rotatable bonds is 5. The number of carbonyl (C=O) groups is 1. The van der Waals surface area contributed by atoms with E-state index in [0.717, 1.165) is 19.4 Å². The minimum absolute atomic E-state index is 0.120. The molecule has 0 aromatic heterocycles. The van der Waals surface area contributed by atoms with Gasteiger partial charge in [0, 0.05) is 31.8 Å². The van der Waals surface area contributed by atoms with E-state index in [-0.39, 0.29) is 5.91 Å². The molecule has 0 fully saturated rings. The van der Waals surface area contributed by atoms with Crippen LogP contribution in [0.25, 0.3) is 0 Å². The van der Waals surface area contributed by atoms with Crippen molar-refractivity contribution in [3.05, 3.63) is 0 Å². The lowest BCUT2D eigenvalue weighted by molar-refractivity contribution is -0.124. The maximum atomic E-state index is 10.6. The fraction of sp³-hybridized carbons (Fsp3) is 0.833. The second kappa shape index (κ2) is 6.70. The van der Waals surface area contributed by atoms with Gasteiger partial charge in [-0.1, -0.05) is 0 Å². The van der Waals surface area contributed by atoms with Gasteiger partial charge in [0.25, 0.3) is 0 Å². The smallest absolute Gasteiger partial charge is 0.233 e. The lowest BCUT2D eigenvalue weighted by atomic mass is 10.3. The molecule has 0 saturated carbocycles. The predicted octanol–water partition coefficient (Wildman–Crippen LogP) is 1.51. The predicted molar refractivity (Wildman–Crippen MR) is 46.3 cm³/mol. The summed E-state index contributed by atoms with van der Waals surface area (Å²) in [7, 11) is 0. The highest BCUT2D eigenvalue weighted by Gasteiger charge is 2.02. The third kappa shape index (κ3) is 6.41. The van der Waals surface area contributed by atoms with Crippen LogP contribution in [0.3, 0.4) is 0 Å². The van der Waals surface area contributed by atoms with Crippen molar-refractivity contribution in [3.8, 4) is 0 Å². The number of halogens is 2. The van der Waals surface area contributed by atoms with Crippen molar-refractivity contribution in [2.45, 2.75) is 19.8 Å². The summed E-state index contributed by atoms with van der Waals surface area (Å²) in [5.74, 6) is -0.120. The van der Waals surface area contributed by atoms with Crippen LogP contribution in [0.4, 0.5) is 0 Å². The molecule has 0 heterocycles. The molecule has 0 aromatic rings. The molecule has 1 N–H and O–H groups in total. The summed E-state index contributed by atoms with van der Waals surface area (Å²) >= 11 is 10.7. The SMILES string of the molecule is CC(=O)N(Cl)CCCCNCl. The maximum Gasteiger partial charge on any atom is 0.233 e. The number of nitrogens with one attached hydrogen (secondary N) is 1. The normalized spacial score (nSPS) is 9.73. The minimum atomic E-state index is -0.120. The standard InChI is InChI=1S/C6H12Cl2N2O/c1-6(11)10(8)5-3-2-4-9-7/h9H,2-5H2,1H3. The summed E-state index contributed by atoms with van der Waals surface area (Å²) in [6.45, 7) is 2.76. The first kappa shape index (κ1) is 11.0. The first-order valence-electron chi connectivity index (χ1n) is 3.46. The topological polar surface area (TPSA) is 32.3 Å². The van der Waals surface area contributed by atoms with Gasteiger partial charge in [-0.2, -0.15) is 0 Å². The number of hydrogen-bond donors (Lipinski definition) is 1. The van der Waals surface area contributed by atoms with Crippen molar-refractivity contribution in [3.63, 3.8) is 0 Å². The third-order valence-corrected chi connectivity index (χ3v) is 1.81. The van der Waals surface area contributed by atoms with Gasteiger partial charge in [-0.15, -0.1) is 0 Å². The van der Waals surface area contributed by atoms with Gasteiger partial charge in [0.2, 0.25) is 5.91 Å². The molecule has 0 spiro atoms. The van der Waals surface area contributed by atoms with Gasteiger partial charge >= 0.3 is 0 Å². The Kier molecular flexibility index (Phi) is 6.71. The summed E-state index contributed by atoms with van der Waals surface area (Å²) in [6.07, 6.45) is 1.78. The third-order valence-electron chi connectivity index (χ3n) is 1.22. The van der Waals surface area contributed by atoms with Crippen molar-refractivity contribution in [2.24, 2.45) is 0 Å². The zero-order valence-corrected chi connectivity index (χ0v) is 7.95. The molecule has 5 heteroatoms. The number of hydrogen-bond acceptors (Lipinski definition) is 2. The largest absolute Gasteiger partial charge is 0.274 e. The van der Waals surface area contributed by atoms with E-state index >= 15 is 0 Å². The first-order chi connectivity index (χ1) is 5.18. The first-order valence-corrected chi connectivity index (χ1v) is 4.17. The quantitative estimate of drug-likeness (QED) is 0.537. The van der Waals surface area contributed by atoms with Crippen LogP contribution in [0, 0.1) is 0 Å². The molecule has 0 atom stereocenters. The van der Waals surface area contributed by atoms with Crippen molar-refractivity contribution in [1.82, 2.24) is 9.25 Å². The van der Waals surface area contributed by atoms with Crippen LogP contribution in [0.5, 0.6) is 0 Å². The van der Waals surface area contributed by atoms with Crippen molar-refractivity contribution >= 4 is 29.5 Å². The highest BCUT2D eigenvalue weighted by atomic mass is 35.5. The molecule has 0 bridgehead atoms. The van der Waals surface area contributed by atoms with Crippen LogP contribution < -0.4 is 4.84 Å². The molecule has 0 aliphatic carbocycles. The van der Waals surface area contributed by atoms with Crippen LogP contribution in [0.1, 0.15) is 19.8 Å². The summed E-state index contributed by atoms with van der Waals surface area (Å²) < 4.78 is 1.17. The number of carbonyl (C=O) groups excluding carboxylic acids is 1. The molecule has 0 saturated heterocycles. The Hall–Kier alpha value is 0.01000. The summed E-state index contributed by atoms with van der Waals surface area (Å²) in [5.41, 5.74) is 0. The highest BCUT2D eigenvalue weighted by Crippen LogP contribution is 1.98. The summed E-state index contributed by atoms with van der Waals surface area (Å²) in [4.78, 5) is 13.1. The Morgan fingerprint density at radius 1 is 1.55 bits per heavy atom. The minimum Gasteiger partial charge on any atom is -0.274 e. The molecule has 0 aromatic carbocycles. The molecule has 66 valence electrons. The van der Waals surface area contributed by atoms with Gasteiger partial charge in [0.1, 0.15) is 0 Å². The Morgan fingerprint density at radius 3 is 2.64 bits per heavy atom. The Morgan fingerprint density at radius 2 is 2.18 bits per heavy atom. The van der Waals surface area contributed by atoms with Gasteiger partial charge < -0.3 is 0 Å². The second-order valence-electron chi connectivity index (χ2n) is 2.20. The summed E-state index contributed by atoms with van der Waals surface area (Å²) in [6, 6.07) is 0. The lowest BCUT2D eigenvalue weighted by Gasteiger charge is -2.09. The van der Waals surface area contributed by atoms with Gasteiger partial charge in [-0.25, -0.2) is 4.84 Å². The fourth-order valence-corrected chi connectivity index (χ4v) is 0.853. The maximum absolute atomic E-state index is 10.6. The zero-order chi connectivity index (χ0) is 8.69. The number of nitrogens with zero attached hydrogens (tertiary/aromatic N) is 1. The van der Waals surface area contributed by atoms with Crippen LogP contribution in [-0.4, -0.2) is 23.4 Å². The number of unbranched alkanes of at least 4 members (excludes halogenated alkanes) is 1. The van der Waals surface area contributed by atoms with Gasteiger partial charge in [0.15, 0.2) is 0 Å². The van der Waals surface area contributed by atoms with E-state index in [2.05, 4.69) is 4.84 Å². The molecule has 0 radical (unpaired) electrons. The summed E-state index contributed by atoms with van der Waals surface area (Å²) in [5, 5.41) is 0. The Balaban J connectivity index is 3.17. The highest BCUT2D eigenvalue weighted by molar-refractivity contribution is 6.20. The van der Waals surface area contributed by atoms with Gasteiger partial charge in [0.05, 0.1) is 0 Å². The van der Waals surface area contributed by atoms with E-state index in [1.54, 1.807) is 0 Å². The molecule has 0 unspecified atom stereocenters.